The maximum absolute atomic E-state index is 16.0. The fraction of sp³-hybridized carbons (Fsp3) is 0.469. The van der Waals surface area contributed by atoms with Crippen LogP contribution in [0.15, 0.2) is 53.3 Å². The monoisotopic (exact) mass is 593 g/mol. The zero-order valence-corrected chi connectivity index (χ0v) is 25.0. The van der Waals surface area contributed by atoms with Crippen LogP contribution < -0.4 is 10.9 Å². The fourth-order valence-corrected chi connectivity index (χ4v) is 5.12. The smallest absolute Gasteiger partial charge is 0.407 e. The maximum Gasteiger partial charge on any atom is 0.407 e. The highest BCUT2D eigenvalue weighted by Gasteiger charge is 2.29. The summed E-state index contributed by atoms with van der Waals surface area (Å²) in [7, 11) is 0. The van der Waals surface area contributed by atoms with Crippen LogP contribution in [0.5, 0.6) is 0 Å². The average molecular weight is 594 g/mol. The van der Waals surface area contributed by atoms with E-state index >= 15 is 4.39 Å². The Morgan fingerprint density at radius 2 is 1.56 bits per heavy atom. The van der Waals surface area contributed by atoms with Gasteiger partial charge in [-0.25, -0.2) is 14.3 Å². The first-order valence-corrected chi connectivity index (χ1v) is 14.8. The van der Waals surface area contributed by atoms with Gasteiger partial charge in [-0.3, -0.25) is 14.4 Å². The molecule has 1 aliphatic heterocycles. The number of alkyl halides is 1. The molecule has 0 bridgehead atoms. The van der Waals surface area contributed by atoms with Gasteiger partial charge in [0.25, 0.3) is 11.5 Å². The number of nitrogens with zero attached hydrogens (tertiary/aromatic N) is 3. The molecule has 2 aromatic carbocycles. The van der Waals surface area contributed by atoms with Gasteiger partial charge in [0, 0.05) is 54.7 Å². The topological polar surface area (TPSA) is 125 Å². The number of hydrogen-bond acceptors (Lipinski definition) is 6. The standard InChI is InChI=1S/C32H40FN5O5/c1-32(2,3)34-31(42)43-21-11-5-4-6-16-26(39)37-17-19-38(20-18-37)30(41)25-15-10-7-12-22(25)27(33)28-23-13-8-9-14-24(23)29(40)36-35-28/h7-10,12-15,27H,4-6,11,16-21H2,1-3H3,(H,34,42)(H,36,40). The normalized spacial score (nSPS) is 14.4. The number of hydrogen-bond donors (Lipinski definition) is 2. The van der Waals surface area contributed by atoms with Crippen molar-refractivity contribution in [1.29, 1.82) is 0 Å². The molecule has 0 spiro atoms. The van der Waals surface area contributed by atoms with Crippen molar-refractivity contribution in [3.63, 3.8) is 0 Å². The lowest BCUT2D eigenvalue weighted by atomic mass is 9.97. The van der Waals surface area contributed by atoms with Crippen molar-refractivity contribution < 1.29 is 23.5 Å². The number of carbonyl (C=O) groups excluding carboxylic acids is 3. The zero-order chi connectivity index (χ0) is 31.0. The number of ether oxygens (including phenoxy) is 1. The number of H-pyrrole nitrogens is 1. The van der Waals surface area contributed by atoms with Gasteiger partial charge < -0.3 is 19.9 Å². The van der Waals surface area contributed by atoms with Crippen molar-refractivity contribution in [2.45, 2.75) is 64.6 Å². The van der Waals surface area contributed by atoms with E-state index in [9.17, 15) is 19.2 Å². The first-order chi connectivity index (χ1) is 20.5. The van der Waals surface area contributed by atoms with Gasteiger partial charge in [-0.05, 0) is 45.7 Å². The predicted molar refractivity (Wildman–Crippen MR) is 162 cm³/mol. The lowest BCUT2D eigenvalue weighted by Gasteiger charge is -2.35. The Labute approximate surface area is 250 Å². The first kappa shape index (κ1) is 31.7. The number of aromatic nitrogens is 2. The van der Waals surface area contributed by atoms with Gasteiger partial charge in [0.2, 0.25) is 5.91 Å². The van der Waals surface area contributed by atoms with E-state index in [1.165, 1.54) is 0 Å². The van der Waals surface area contributed by atoms with Gasteiger partial charge in [-0.1, -0.05) is 49.2 Å². The summed E-state index contributed by atoms with van der Waals surface area (Å²) in [4.78, 5) is 53.5. The summed E-state index contributed by atoms with van der Waals surface area (Å²) in [5, 5.41) is 9.81. The van der Waals surface area contributed by atoms with Crippen LogP contribution in [0, 0.1) is 0 Å². The third kappa shape index (κ3) is 8.39. The van der Waals surface area contributed by atoms with E-state index in [4.69, 9.17) is 4.74 Å². The highest BCUT2D eigenvalue weighted by atomic mass is 19.1. The Balaban J connectivity index is 1.25. The Morgan fingerprint density at radius 3 is 2.28 bits per heavy atom. The summed E-state index contributed by atoms with van der Waals surface area (Å²) in [6.45, 7) is 7.54. The number of piperazine rings is 1. The molecule has 2 N–H and O–H groups in total. The largest absolute Gasteiger partial charge is 0.450 e. The minimum atomic E-state index is -1.73. The molecule has 2 heterocycles. The Hall–Kier alpha value is -4.28. The van der Waals surface area contributed by atoms with Crippen LogP contribution in [0.2, 0.25) is 0 Å². The van der Waals surface area contributed by atoms with Crippen LogP contribution in [-0.4, -0.2) is 76.2 Å². The summed E-state index contributed by atoms with van der Waals surface area (Å²) < 4.78 is 21.1. The average Bonchev–Trinajstić information content (AvgIpc) is 2.99. The second-order valence-electron chi connectivity index (χ2n) is 11.8. The lowest BCUT2D eigenvalue weighted by molar-refractivity contribution is -0.132. The summed E-state index contributed by atoms with van der Waals surface area (Å²) in [5.74, 6) is -0.259. The molecule has 10 nitrogen and oxygen atoms in total. The summed E-state index contributed by atoms with van der Waals surface area (Å²) in [6.07, 6.45) is 1.47. The lowest BCUT2D eigenvalue weighted by Crippen LogP contribution is -2.50. The molecular weight excluding hydrogens is 553 g/mol. The molecule has 1 unspecified atom stereocenters. The second-order valence-corrected chi connectivity index (χ2v) is 11.8. The van der Waals surface area contributed by atoms with Gasteiger partial charge in [-0.15, -0.1) is 0 Å². The van der Waals surface area contributed by atoms with Gasteiger partial charge in [-0.2, -0.15) is 5.10 Å². The van der Waals surface area contributed by atoms with Crippen LogP contribution in [0.25, 0.3) is 10.8 Å². The zero-order valence-electron chi connectivity index (χ0n) is 25.0. The molecule has 0 aliphatic carbocycles. The van der Waals surface area contributed by atoms with Crippen molar-refractivity contribution in [3.8, 4) is 0 Å². The van der Waals surface area contributed by atoms with Crippen LogP contribution in [0.3, 0.4) is 0 Å². The number of benzene rings is 2. The number of amides is 3. The van der Waals surface area contributed by atoms with E-state index in [0.717, 1.165) is 25.7 Å². The van der Waals surface area contributed by atoms with Crippen LogP contribution in [-0.2, 0) is 9.53 Å². The number of nitrogens with one attached hydrogen (secondary N) is 2. The van der Waals surface area contributed by atoms with E-state index in [-0.39, 0.29) is 34.2 Å². The Kier molecular flexibility index (Phi) is 10.5. The third-order valence-corrected chi connectivity index (χ3v) is 7.34. The number of rotatable bonds is 10. The van der Waals surface area contributed by atoms with Crippen molar-refractivity contribution in [2.24, 2.45) is 0 Å². The molecule has 3 aromatic rings. The molecule has 0 saturated carbocycles. The highest BCUT2D eigenvalue weighted by molar-refractivity contribution is 5.96. The Bertz CT molecular complexity index is 1490. The predicted octanol–water partition coefficient (Wildman–Crippen LogP) is 4.74. The van der Waals surface area contributed by atoms with Crippen LogP contribution in [0.4, 0.5) is 9.18 Å². The van der Waals surface area contributed by atoms with Gasteiger partial charge in [0.05, 0.1) is 12.0 Å². The van der Waals surface area contributed by atoms with Gasteiger partial charge in [0.1, 0.15) is 5.69 Å². The maximum atomic E-state index is 16.0. The van der Waals surface area contributed by atoms with E-state index in [1.807, 2.05) is 20.8 Å². The molecule has 3 amide bonds. The molecule has 1 fully saturated rings. The molecule has 43 heavy (non-hydrogen) atoms. The van der Waals surface area contributed by atoms with E-state index in [0.29, 0.717) is 50.0 Å². The molecule has 11 heteroatoms. The van der Waals surface area contributed by atoms with Crippen molar-refractivity contribution >= 4 is 28.7 Å². The van der Waals surface area contributed by atoms with Gasteiger partial charge in [0.15, 0.2) is 6.17 Å². The summed E-state index contributed by atoms with van der Waals surface area (Å²) in [6, 6.07) is 13.2. The minimum Gasteiger partial charge on any atom is -0.450 e. The molecule has 4 rings (SSSR count). The minimum absolute atomic E-state index is 0.0458. The van der Waals surface area contributed by atoms with Crippen molar-refractivity contribution in [1.82, 2.24) is 25.3 Å². The second kappa shape index (κ2) is 14.3. The van der Waals surface area contributed by atoms with E-state index in [2.05, 4.69) is 15.5 Å². The van der Waals surface area contributed by atoms with Crippen LogP contribution in [0.1, 0.15) is 80.7 Å². The Morgan fingerprint density at radius 1 is 0.930 bits per heavy atom. The van der Waals surface area contributed by atoms with Crippen molar-refractivity contribution in [3.05, 3.63) is 75.7 Å². The highest BCUT2D eigenvalue weighted by Crippen LogP contribution is 2.31. The quantitative estimate of drug-likeness (QED) is 0.327. The number of aromatic amines is 1. The summed E-state index contributed by atoms with van der Waals surface area (Å²) in [5.41, 5.74) is -0.292. The number of fused-ring (bicyclic) bond motifs is 1. The molecule has 0 radical (unpaired) electrons. The number of halogens is 1. The SMILES string of the molecule is CC(C)(C)NC(=O)OCCCCCCC(=O)N1CCN(C(=O)c2ccccc2C(F)c2n[nH]c(=O)c3ccccc23)CC1. The molecule has 1 aliphatic rings. The number of carbonyl (C=O) groups is 3. The van der Waals surface area contributed by atoms with Crippen molar-refractivity contribution in [2.75, 3.05) is 32.8 Å². The molecular formula is C32H40FN5O5. The molecule has 1 aromatic heterocycles. The number of unbranched alkanes of at least 4 members (excludes halogenated alkanes) is 3. The molecule has 1 atom stereocenters. The van der Waals surface area contributed by atoms with E-state index in [1.54, 1.807) is 58.3 Å². The summed E-state index contributed by atoms with van der Waals surface area (Å²) >= 11 is 0. The van der Waals surface area contributed by atoms with E-state index < -0.39 is 17.8 Å². The molecule has 230 valence electrons. The number of alkyl carbamates (subject to hydrolysis) is 1. The third-order valence-electron chi connectivity index (χ3n) is 7.34. The fourth-order valence-electron chi connectivity index (χ4n) is 5.12. The van der Waals surface area contributed by atoms with Crippen LogP contribution >= 0.6 is 0 Å². The van der Waals surface area contributed by atoms with Gasteiger partial charge >= 0.3 is 6.09 Å². The molecule has 1 saturated heterocycles. The first-order valence-electron chi connectivity index (χ1n) is 14.8.